The SMILES string of the molecule is CCC(=NNc1ccc([N+](=O)[O-])cc1[N+](=O)[O-])c1cccs1. The molecule has 0 fully saturated rings. The fraction of sp³-hybridized carbons (Fsp3) is 0.154. The third-order valence-electron chi connectivity index (χ3n) is 2.84. The number of non-ortho nitro benzene ring substituents is 1. The van der Waals surface area contributed by atoms with Crippen LogP contribution in [-0.2, 0) is 0 Å². The average Bonchev–Trinajstić information content (AvgIpc) is 3.02. The van der Waals surface area contributed by atoms with Gasteiger partial charge in [-0.1, -0.05) is 13.0 Å². The highest BCUT2D eigenvalue weighted by molar-refractivity contribution is 7.12. The van der Waals surface area contributed by atoms with Crippen LogP contribution in [0.4, 0.5) is 17.1 Å². The van der Waals surface area contributed by atoms with Crippen molar-refractivity contribution in [2.75, 3.05) is 5.43 Å². The summed E-state index contributed by atoms with van der Waals surface area (Å²) in [5.41, 5.74) is 2.77. The quantitative estimate of drug-likeness (QED) is 0.494. The standard InChI is InChI=1S/C13H12N4O4S/c1-2-10(13-4-3-7-22-13)14-15-11-6-5-9(16(18)19)8-12(11)17(20)21/h3-8,15H,2H2,1H3. The predicted molar refractivity (Wildman–Crippen MR) is 84.5 cm³/mol. The van der Waals surface area contributed by atoms with E-state index in [0.717, 1.165) is 16.7 Å². The van der Waals surface area contributed by atoms with E-state index in [9.17, 15) is 20.2 Å². The molecule has 8 nitrogen and oxygen atoms in total. The molecule has 2 aromatic rings. The van der Waals surface area contributed by atoms with E-state index in [1.54, 1.807) is 0 Å². The van der Waals surface area contributed by atoms with Crippen LogP contribution in [0.2, 0.25) is 0 Å². The van der Waals surface area contributed by atoms with Gasteiger partial charge in [-0.25, -0.2) is 0 Å². The van der Waals surface area contributed by atoms with Crippen molar-refractivity contribution in [3.63, 3.8) is 0 Å². The first-order chi connectivity index (χ1) is 10.5. The van der Waals surface area contributed by atoms with Gasteiger partial charge in [0.1, 0.15) is 5.69 Å². The van der Waals surface area contributed by atoms with Crippen molar-refractivity contribution in [3.8, 4) is 0 Å². The summed E-state index contributed by atoms with van der Waals surface area (Å²) >= 11 is 1.51. The Morgan fingerprint density at radius 2 is 2.05 bits per heavy atom. The molecule has 2 rings (SSSR count). The zero-order valence-corrected chi connectivity index (χ0v) is 12.4. The molecule has 0 saturated carbocycles. The van der Waals surface area contributed by atoms with E-state index in [1.165, 1.54) is 23.5 Å². The maximum Gasteiger partial charge on any atom is 0.301 e. The molecule has 0 spiro atoms. The van der Waals surface area contributed by atoms with Gasteiger partial charge < -0.3 is 0 Å². The Kier molecular flexibility index (Phi) is 4.79. The number of anilines is 1. The lowest BCUT2D eigenvalue weighted by Crippen LogP contribution is -2.03. The lowest BCUT2D eigenvalue weighted by atomic mass is 10.2. The van der Waals surface area contributed by atoms with Crippen molar-refractivity contribution in [2.45, 2.75) is 13.3 Å². The highest BCUT2D eigenvalue weighted by Crippen LogP contribution is 2.29. The first kappa shape index (κ1) is 15.6. The van der Waals surface area contributed by atoms with Gasteiger partial charge in [0.15, 0.2) is 0 Å². The van der Waals surface area contributed by atoms with Crippen LogP contribution in [0.3, 0.4) is 0 Å². The van der Waals surface area contributed by atoms with E-state index >= 15 is 0 Å². The number of benzene rings is 1. The number of hydrazone groups is 1. The molecular weight excluding hydrogens is 308 g/mol. The topological polar surface area (TPSA) is 111 Å². The molecule has 22 heavy (non-hydrogen) atoms. The normalized spacial score (nSPS) is 11.2. The first-order valence-corrected chi connectivity index (χ1v) is 7.20. The van der Waals surface area contributed by atoms with Gasteiger partial charge in [-0.05, 0) is 23.9 Å². The maximum atomic E-state index is 11.0. The second-order valence-electron chi connectivity index (χ2n) is 4.22. The molecule has 0 atom stereocenters. The molecule has 0 radical (unpaired) electrons. The van der Waals surface area contributed by atoms with Crippen molar-refractivity contribution < 1.29 is 9.85 Å². The third kappa shape index (κ3) is 3.44. The van der Waals surface area contributed by atoms with Crippen molar-refractivity contribution in [1.82, 2.24) is 0 Å². The molecule has 1 N–H and O–H groups in total. The minimum Gasteiger partial charge on any atom is -0.271 e. The summed E-state index contributed by atoms with van der Waals surface area (Å²) in [6.45, 7) is 1.92. The van der Waals surface area contributed by atoms with Crippen LogP contribution in [0.1, 0.15) is 18.2 Å². The molecule has 0 aliphatic rings. The van der Waals surface area contributed by atoms with Crippen LogP contribution < -0.4 is 5.43 Å². The van der Waals surface area contributed by atoms with Gasteiger partial charge in [0.05, 0.1) is 26.5 Å². The number of nitrogens with one attached hydrogen (secondary N) is 1. The third-order valence-corrected chi connectivity index (χ3v) is 3.76. The van der Waals surface area contributed by atoms with Crippen LogP contribution in [0.5, 0.6) is 0 Å². The molecule has 1 heterocycles. The number of nitro groups is 2. The Balaban J connectivity index is 2.32. The molecule has 9 heteroatoms. The molecule has 114 valence electrons. The van der Waals surface area contributed by atoms with E-state index in [1.807, 2.05) is 24.4 Å². The van der Waals surface area contributed by atoms with Crippen molar-refractivity contribution in [2.24, 2.45) is 5.10 Å². The molecule has 0 amide bonds. The Morgan fingerprint density at radius 3 is 2.59 bits per heavy atom. The summed E-state index contributed by atoms with van der Waals surface area (Å²) in [4.78, 5) is 21.3. The van der Waals surface area contributed by atoms with Crippen molar-refractivity contribution in [1.29, 1.82) is 0 Å². The summed E-state index contributed by atoms with van der Waals surface area (Å²) in [6, 6.07) is 7.18. The van der Waals surface area contributed by atoms with Crippen LogP contribution in [0.15, 0.2) is 40.8 Å². The van der Waals surface area contributed by atoms with E-state index < -0.39 is 9.85 Å². The summed E-state index contributed by atoms with van der Waals surface area (Å²) in [5, 5.41) is 27.8. The van der Waals surface area contributed by atoms with Gasteiger partial charge in [-0.15, -0.1) is 11.3 Å². The zero-order chi connectivity index (χ0) is 16.1. The largest absolute Gasteiger partial charge is 0.301 e. The Labute approximate surface area is 129 Å². The fourth-order valence-corrected chi connectivity index (χ4v) is 2.54. The number of hydrogen-bond donors (Lipinski definition) is 1. The Hall–Kier alpha value is -2.81. The van der Waals surface area contributed by atoms with Crippen LogP contribution >= 0.6 is 11.3 Å². The fourth-order valence-electron chi connectivity index (χ4n) is 1.76. The van der Waals surface area contributed by atoms with Crippen molar-refractivity contribution >= 4 is 34.1 Å². The molecule has 0 aliphatic heterocycles. The van der Waals surface area contributed by atoms with Gasteiger partial charge in [-0.3, -0.25) is 25.7 Å². The molecule has 0 bridgehead atoms. The number of thiophene rings is 1. The van der Waals surface area contributed by atoms with Crippen LogP contribution in [0, 0.1) is 20.2 Å². The predicted octanol–water partition coefficient (Wildman–Crippen LogP) is 3.79. The van der Waals surface area contributed by atoms with E-state index in [-0.39, 0.29) is 17.1 Å². The molecule has 0 saturated heterocycles. The minimum atomic E-state index is -0.679. The monoisotopic (exact) mass is 320 g/mol. The van der Waals surface area contributed by atoms with Crippen molar-refractivity contribution in [3.05, 3.63) is 60.8 Å². The van der Waals surface area contributed by atoms with E-state index in [2.05, 4.69) is 10.5 Å². The lowest BCUT2D eigenvalue weighted by Gasteiger charge is -2.05. The van der Waals surface area contributed by atoms with Crippen LogP contribution in [-0.4, -0.2) is 15.6 Å². The molecule has 1 aromatic carbocycles. The number of nitrogens with zero attached hydrogens (tertiary/aromatic N) is 3. The Morgan fingerprint density at radius 1 is 1.27 bits per heavy atom. The highest BCUT2D eigenvalue weighted by atomic mass is 32.1. The second-order valence-corrected chi connectivity index (χ2v) is 5.16. The van der Waals surface area contributed by atoms with E-state index in [4.69, 9.17) is 0 Å². The molecular formula is C13H12N4O4S. The van der Waals surface area contributed by atoms with Gasteiger partial charge in [-0.2, -0.15) is 5.10 Å². The summed E-state index contributed by atoms with van der Waals surface area (Å²) in [5.74, 6) is 0. The molecule has 0 unspecified atom stereocenters. The Bertz CT molecular complexity index is 728. The van der Waals surface area contributed by atoms with Gasteiger partial charge in [0.25, 0.3) is 5.69 Å². The first-order valence-electron chi connectivity index (χ1n) is 6.32. The number of hydrogen-bond acceptors (Lipinski definition) is 7. The molecule has 1 aromatic heterocycles. The highest BCUT2D eigenvalue weighted by Gasteiger charge is 2.19. The average molecular weight is 320 g/mol. The molecule has 0 aliphatic carbocycles. The van der Waals surface area contributed by atoms with Gasteiger partial charge >= 0.3 is 5.69 Å². The van der Waals surface area contributed by atoms with Crippen LogP contribution in [0.25, 0.3) is 0 Å². The smallest absolute Gasteiger partial charge is 0.271 e. The summed E-state index contributed by atoms with van der Waals surface area (Å²) in [7, 11) is 0. The van der Waals surface area contributed by atoms with Gasteiger partial charge in [0, 0.05) is 6.07 Å². The number of rotatable bonds is 6. The van der Waals surface area contributed by atoms with E-state index in [0.29, 0.717) is 6.42 Å². The second kappa shape index (κ2) is 6.76. The lowest BCUT2D eigenvalue weighted by molar-refractivity contribution is -0.393. The maximum absolute atomic E-state index is 11.0. The minimum absolute atomic E-state index is 0.109. The zero-order valence-electron chi connectivity index (χ0n) is 11.6. The summed E-state index contributed by atoms with van der Waals surface area (Å²) in [6.07, 6.45) is 0.647. The number of nitro benzene ring substituents is 2. The van der Waals surface area contributed by atoms with Gasteiger partial charge in [0.2, 0.25) is 0 Å². The summed E-state index contributed by atoms with van der Waals surface area (Å²) < 4.78 is 0.